The number of phenolic OH excluding ortho intramolecular Hbond substituents is 1. The zero-order valence-electron chi connectivity index (χ0n) is 31.3. The molecule has 0 saturated heterocycles. The first-order chi connectivity index (χ1) is 26.1. The molecule has 1 fully saturated rings. The molecule has 1 aliphatic carbocycles. The number of phenols is 1. The molecule has 9 nitrogen and oxygen atoms in total. The van der Waals surface area contributed by atoms with E-state index in [1.54, 1.807) is 48.5 Å². The Morgan fingerprint density at radius 2 is 1.19 bits per heavy atom. The number of amides is 2. The molecule has 288 valence electrons. The van der Waals surface area contributed by atoms with Crippen LogP contribution in [0.4, 0.5) is 5.69 Å². The molecule has 1 aliphatic rings. The van der Waals surface area contributed by atoms with Crippen molar-refractivity contribution in [3.8, 4) is 5.75 Å². The second-order valence-corrected chi connectivity index (χ2v) is 15.2. The van der Waals surface area contributed by atoms with Gasteiger partial charge in [0, 0.05) is 20.9 Å². The summed E-state index contributed by atoms with van der Waals surface area (Å²) >= 11 is 1.18. The zero-order chi connectivity index (χ0) is 38.9. The number of carbonyl (C=O) groups is 4. The molecule has 0 atom stereocenters. The number of aromatic hydroxyl groups is 1. The fraction of sp³-hybridized carbons (Fsp3) is 0.409. The van der Waals surface area contributed by atoms with Gasteiger partial charge in [0.25, 0.3) is 5.91 Å². The zero-order valence-corrected chi connectivity index (χ0v) is 32.1. The van der Waals surface area contributed by atoms with Crippen molar-refractivity contribution < 1.29 is 34.5 Å². The molecule has 6 N–H and O–H groups in total. The lowest BCUT2D eigenvalue weighted by Crippen LogP contribution is -2.14. The van der Waals surface area contributed by atoms with E-state index in [1.807, 2.05) is 0 Å². The van der Waals surface area contributed by atoms with Crippen molar-refractivity contribution in [2.24, 2.45) is 11.7 Å². The van der Waals surface area contributed by atoms with Crippen LogP contribution in [0.5, 0.6) is 5.75 Å². The van der Waals surface area contributed by atoms with Gasteiger partial charge in [-0.05, 0) is 47.7 Å². The van der Waals surface area contributed by atoms with E-state index in [2.05, 4.69) is 12.2 Å². The molecule has 0 radical (unpaired) electrons. The van der Waals surface area contributed by atoms with Gasteiger partial charge in [0.1, 0.15) is 5.75 Å². The quantitative estimate of drug-likeness (QED) is 0.0524. The summed E-state index contributed by atoms with van der Waals surface area (Å²) in [5, 5.41) is 32.9. The molecule has 0 aromatic heterocycles. The molecule has 54 heavy (non-hydrogen) atoms. The van der Waals surface area contributed by atoms with Crippen molar-refractivity contribution in [1.82, 2.24) is 0 Å². The maximum absolute atomic E-state index is 13.2. The van der Waals surface area contributed by atoms with Crippen LogP contribution >= 0.6 is 11.8 Å². The number of benzene rings is 4. The van der Waals surface area contributed by atoms with E-state index in [1.165, 1.54) is 121 Å². The highest BCUT2D eigenvalue weighted by atomic mass is 32.2. The third-order valence-electron chi connectivity index (χ3n) is 9.69. The molecule has 2 amide bonds. The number of hydrogen-bond donors (Lipinski definition) is 5. The molecule has 0 unspecified atom stereocenters. The smallest absolute Gasteiger partial charge is 0.335 e. The number of aromatic carboxylic acids is 2. The third-order valence-corrected chi connectivity index (χ3v) is 10.8. The Morgan fingerprint density at radius 1 is 0.667 bits per heavy atom. The summed E-state index contributed by atoms with van der Waals surface area (Å²) in [4.78, 5) is 48.9. The fourth-order valence-corrected chi connectivity index (χ4v) is 7.59. The lowest BCUT2D eigenvalue weighted by molar-refractivity contribution is 0.0696. The molecule has 0 spiro atoms. The van der Waals surface area contributed by atoms with Gasteiger partial charge in [-0.2, -0.15) is 0 Å². The fourth-order valence-electron chi connectivity index (χ4n) is 6.46. The Morgan fingerprint density at radius 3 is 1.72 bits per heavy atom. The van der Waals surface area contributed by atoms with Crippen LogP contribution in [0.3, 0.4) is 0 Å². The van der Waals surface area contributed by atoms with E-state index in [0.29, 0.717) is 20.6 Å². The minimum absolute atomic E-state index is 0.0712. The number of anilines is 1. The van der Waals surface area contributed by atoms with Gasteiger partial charge in [0.15, 0.2) is 0 Å². The second kappa shape index (κ2) is 21.8. The molecule has 4 aromatic carbocycles. The average Bonchev–Trinajstić information content (AvgIpc) is 3.99. The van der Waals surface area contributed by atoms with Gasteiger partial charge in [-0.25, -0.2) is 9.59 Å². The number of unbranched alkanes of at least 4 members (excludes halogenated alkanes) is 12. The summed E-state index contributed by atoms with van der Waals surface area (Å²) < 4.78 is 0. The minimum Gasteiger partial charge on any atom is -0.506 e. The van der Waals surface area contributed by atoms with Crippen LogP contribution in [0, 0.1) is 5.92 Å². The number of carboxylic acid groups (broad SMARTS) is 2. The van der Waals surface area contributed by atoms with Crippen LogP contribution < -0.4 is 11.1 Å². The normalized spacial score (nSPS) is 12.2. The maximum atomic E-state index is 13.2. The van der Waals surface area contributed by atoms with E-state index < -0.39 is 23.8 Å². The molecule has 0 bridgehead atoms. The monoisotopic (exact) mass is 754 g/mol. The molecule has 5 rings (SSSR count). The number of nitrogens with two attached hydrogens (primary N) is 1. The van der Waals surface area contributed by atoms with E-state index in [4.69, 9.17) is 5.73 Å². The van der Waals surface area contributed by atoms with Crippen LogP contribution in [0.2, 0.25) is 0 Å². The molecule has 4 aromatic rings. The van der Waals surface area contributed by atoms with Crippen LogP contribution in [0.25, 0.3) is 10.8 Å². The van der Waals surface area contributed by atoms with Crippen LogP contribution in [0.1, 0.15) is 151 Å². The SMILES string of the molecule is CCCCCCCCCCCCCCCC1CC1.NC(=O)c1ccccc1Sc1cc(C(=O)Nc2cc(C(=O)O)cc(C(=O)O)c2)c(O)c2ccccc12. The lowest BCUT2D eigenvalue weighted by Gasteiger charge is -2.14. The average molecular weight is 755 g/mol. The number of nitrogens with one attached hydrogen (secondary N) is 1. The van der Waals surface area contributed by atoms with E-state index in [-0.39, 0.29) is 33.7 Å². The van der Waals surface area contributed by atoms with Crippen LogP contribution in [0.15, 0.2) is 82.6 Å². The first kappa shape index (κ1) is 41.9. The Bertz CT molecular complexity index is 1860. The summed E-state index contributed by atoms with van der Waals surface area (Å²) in [6.07, 6.45) is 23.9. The van der Waals surface area contributed by atoms with Crippen molar-refractivity contribution in [3.05, 3.63) is 95.1 Å². The Balaban J connectivity index is 0.000000304. The Kier molecular flexibility index (Phi) is 16.9. The highest BCUT2D eigenvalue weighted by Gasteiger charge is 2.21. The number of carbonyl (C=O) groups excluding carboxylic acids is 2. The predicted molar refractivity (Wildman–Crippen MR) is 216 cm³/mol. The summed E-state index contributed by atoms with van der Waals surface area (Å²) in [5.41, 5.74) is 4.93. The number of primary amides is 1. The number of carboxylic acids is 2. The van der Waals surface area contributed by atoms with E-state index in [0.717, 1.165) is 24.1 Å². The van der Waals surface area contributed by atoms with Crippen molar-refractivity contribution in [1.29, 1.82) is 0 Å². The summed E-state index contributed by atoms with van der Waals surface area (Å²) in [5.74, 6) is -3.31. The Hall–Kier alpha value is -4.83. The van der Waals surface area contributed by atoms with Crippen molar-refractivity contribution >= 4 is 52.0 Å². The van der Waals surface area contributed by atoms with Crippen LogP contribution in [-0.2, 0) is 0 Å². The van der Waals surface area contributed by atoms with Gasteiger partial charge in [-0.1, -0.05) is 158 Å². The highest BCUT2D eigenvalue weighted by molar-refractivity contribution is 7.99. The largest absolute Gasteiger partial charge is 0.506 e. The summed E-state index contributed by atoms with van der Waals surface area (Å²) in [7, 11) is 0. The van der Waals surface area contributed by atoms with Crippen LogP contribution in [-0.4, -0.2) is 39.1 Å². The molecular formula is C44H54N2O7S. The minimum atomic E-state index is -1.37. The summed E-state index contributed by atoms with van der Waals surface area (Å²) in [6, 6.07) is 18.2. The van der Waals surface area contributed by atoms with Gasteiger partial charge < -0.3 is 26.4 Å². The van der Waals surface area contributed by atoms with Gasteiger partial charge in [0.2, 0.25) is 5.91 Å². The molecule has 1 saturated carbocycles. The van der Waals surface area contributed by atoms with E-state index >= 15 is 0 Å². The first-order valence-electron chi connectivity index (χ1n) is 19.3. The topological polar surface area (TPSA) is 167 Å². The molecular weight excluding hydrogens is 701 g/mol. The first-order valence-corrected chi connectivity index (χ1v) is 20.1. The van der Waals surface area contributed by atoms with Gasteiger partial charge in [-0.3, -0.25) is 9.59 Å². The van der Waals surface area contributed by atoms with Crippen molar-refractivity contribution in [3.63, 3.8) is 0 Å². The third kappa shape index (κ3) is 13.2. The number of fused-ring (bicyclic) bond motifs is 1. The number of rotatable bonds is 21. The Labute approximate surface area is 322 Å². The second-order valence-electron chi connectivity index (χ2n) is 14.1. The standard InChI is InChI=1S/C26H18N2O7S.C18H36/c27-23(30)18-7-3-4-8-20(18)36-21-12-19(22(29)17-6-2-1-5-16(17)21)24(31)28-15-10-13(25(32)33)9-14(11-15)26(34)35;1-2-3-4-5-6-7-8-9-10-11-12-13-14-15-18-16-17-18/h1-12,29H,(H2,27,30)(H,28,31)(H,32,33)(H,34,35);18H,2-17H2,1H3. The van der Waals surface area contributed by atoms with Gasteiger partial charge in [-0.15, -0.1) is 0 Å². The van der Waals surface area contributed by atoms with Crippen molar-refractivity contribution in [2.75, 3.05) is 5.32 Å². The van der Waals surface area contributed by atoms with E-state index in [9.17, 15) is 34.5 Å². The summed E-state index contributed by atoms with van der Waals surface area (Å²) in [6.45, 7) is 2.30. The molecule has 0 heterocycles. The van der Waals surface area contributed by atoms with Gasteiger partial charge >= 0.3 is 11.9 Å². The lowest BCUT2D eigenvalue weighted by atomic mass is 10.0. The highest BCUT2D eigenvalue weighted by Crippen LogP contribution is 2.41. The maximum Gasteiger partial charge on any atom is 0.335 e. The molecule has 10 heteroatoms. The number of hydrogen-bond acceptors (Lipinski definition) is 6. The van der Waals surface area contributed by atoms with Gasteiger partial charge in [0.05, 0.1) is 22.3 Å². The predicted octanol–water partition coefficient (Wildman–Crippen LogP) is 11.3. The van der Waals surface area contributed by atoms with Crippen molar-refractivity contribution in [2.45, 2.75) is 119 Å². The molecule has 0 aliphatic heterocycles.